The lowest BCUT2D eigenvalue weighted by molar-refractivity contribution is -0.142. The molecule has 2 atom stereocenters. The van der Waals surface area contributed by atoms with Crippen molar-refractivity contribution in [1.29, 1.82) is 0 Å². The van der Waals surface area contributed by atoms with Crippen LogP contribution in [-0.2, 0) is 14.4 Å². The quantitative estimate of drug-likeness (QED) is 0.431. The number of benzene rings is 1. The second kappa shape index (κ2) is 8.59. The van der Waals surface area contributed by atoms with Crippen molar-refractivity contribution >= 4 is 23.3 Å². The molecule has 1 aliphatic rings. The van der Waals surface area contributed by atoms with Crippen LogP contribution in [0, 0.1) is 11.3 Å². The number of Topliss-reactive ketones (excluding diaryl/α,β-unsaturated/α-hetero) is 2. The van der Waals surface area contributed by atoms with E-state index < -0.39 is 41.5 Å². The molecule has 1 saturated heterocycles. The standard InChI is InChI=1S/C24H23N3O6/c1-24(2,13-28)22(30)19-20(15-6-4-5-7-17(15)32-3)27(23(31)21(19)29)18-9-8-14(12-25-18)16-10-11-33-26-16/h4-12,19-20,28H,13H2,1-3H3. The lowest BCUT2D eigenvalue weighted by Gasteiger charge is -2.30. The first-order valence-corrected chi connectivity index (χ1v) is 10.3. The van der Waals surface area contributed by atoms with Gasteiger partial charge in [-0.05, 0) is 18.2 Å². The molecule has 9 heteroatoms. The van der Waals surface area contributed by atoms with E-state index in [9.17, 15) is 19.5 Å². The lowest BCUT2D eigenvalue weighted by Crippen LogP contribution is -2.39. The molecule has 1 aromatic carbocycles. The van der Waals surface area contributed by atoms with E-state index in [-0.39, 0.29) is 5.82 Å². The molecule has 0 radical (unpaired) electrons. The summed E-state index contributed by atoms with van der Waals surface area (Å²) in [5.41, 5.74) is 0.500. The van der Waals surface area contributed by atoms with Crippen molar-refractivity contribution in [3.05, 3.63) is 60.5 Å². The fourth-order valence-corrected chi connectivity index (χ4v) is 3.95. The molecule has 1 N–H and O–H groups in total. The Morgan fingerprint density at radius 2 is 1.94 bits per heavy atom. The Kier molecular flexibility index (Phi) is 5.82. The average molecular weight is 449 g/mol. The van der Waals surface area contributed by atoms with Crippen LogP contribution >= 0.6 is 0 Å². The number of ketones is 2. The minimum absolute atomic E-state index is 0.202. The van der Waals surface area contributed by atoms with Crippen LogP contribution in [0.5, 0.6) is 5.75 Å². The summed E-state index contributed by atoms with van der Waals surface area (Å²) >= 11 is 0. The summed E-state index contributed by atoms with van der Waals surface area (Å²) in [6, 6.07) is 10.9. The Balaban J connectivity index is 1.85. The molecule has 0 aliphatic carbocycles. The number of hydrogen-bond acceptors (Lipinski definition) is 8. The largest absolute Gasteiger partial charge is 0.496 e. The minimum Gasteiger partial charge on any atom is -0.496 e. The third kappa shape index (κ3) is 3.80. The van der Waals surface area contributed by atoms with Gasteiger partial charge in [-0.3, -0.25) is 19.3 Å². The van der Waals surface area contributed by atoms with Gasteiger partial charge in [-0.15, -0.1) is 0 Å². The summed E-state index contributed by atoms with van der Waals surface area (Å²) in [5, 5.41) is 13.6. The van der Waals surface area contributed by atoms with Gasteiger partial charge in [-0.25, -0.2) is 4.98 Å². The Labute approximate surface area is 190 Å². The molecule has 4 rings (SSSR count). The minimum atomic E-state index is -1.33. The maximum Gasteiger partial charge on any atom is 0.297 e. The normalized spacial score (nSPS) is 18.6. The van der Waals surface area contributed by atoms with Crippen molar-refractivity contribution < 1.29 is 28.8 Å². The van der Waals surface area contributed by atoms with Crippen LogP contribution in [0.15, 0.2) is 59.4 Å². The highest BCUT2D eigenvalue weighted by molar-refractivity contribution is 6.48. The fraction of sp³-hybridized carbons (Fsp3) is 0.292. The van der Waals surface area contributed by atoms with Crippen molar-refractivity contribution in [2.75, 3.05) is 18.6 Å². The number of nitrogens with zero attached hydrogens (tertiary/aromatic N) is 3. The number of para-hydroxylation sites is 1. The number of aliphatic hydroxyl groups is 1. The predicted octanol–water partition coefficient (Wildman–Crippen LogP) is 2.61. The molecule has 2 aromatic heterocycles. The van der Waals surface area contributed by atoms with Crippen LogP contribution in [0.25, 0.3) is 11.3 Å². The van der Waals surface area contributed by atoms with Crippen molar-refractivity contribution in [3.8, 4) is 17.0 Å². The van der Waals surface area contributed by atoms with Gasteiger partial charge >= 0.3 is 0 Å². The number of ether oxygens (including phenoxy) is 1. The van der Waals surface area contributed by atoms with Gasteiger partial charge in [0.15, 0.2) is 5.78 Å². The Bertz CT molecular complexity index is 1190. The van der Waals surface area contributed by atoms with E-state index in [4.69, 9.17) is 9.26 Å². The number of amides is 1. The van der Waals surface area contributed by atoms with Gasteiger partial charge in [0, 0.05) is 28.8 Å². The molecule has 1 amide bonds. The van der Waals surface area contributed by atoms with Gasteiger partial charge in [0.05, 0.1) is 19.8 Å². The summed E-state index contributed by atoms with van der Waals surface area (Å²) < 4.78 is 10.3. The zero-order valence-corrected chi connectivity index (χ0v) is 18.4. The molecule has 33 heavy (non-hydrogen) atoms. The Morgan fingerprint density at radius 1 is 1.18 bits per heavy atom. The molecule has 1 fully saturated rings. The highest BCUT2D eigenvalue weighted by Gasteiger charge is 2.55. The first kappa shape index (κ1) is 22.3. The molecule has 0 bridgehead atoms. The lowest BCUT2D eigenvalue weighted by atomic mass is 9.77. The van der Waals surface area contributed by atoms with Crippen LogP contribution in [-0.4, -0.2) is 46.4 Å². The first-order chi connectivity index (χ1) is 15.8. The van der Waals surface area contributed by atoms with Crippen LogP contribution in [0.4, 0.5) is 5.82 Å². The molecule has 0 spiro atoms. The number of rotatable bonds is 7. The van der Waals surface area contributed by atoms with Gasteiger partial charge in [-0.1, -0.05) is 37.2 Å². The second-order valence-corrected chi connectivity index (χ2v) is 8.40. The van der Waals surface area contributed by atoms with Gasteiger partial charge in [-0.2, -0.15) is 0 Å². The number of carbonyl (C=O) groups excluding carboxylic acids is 3. The highest BCUT2D eigenvalue weighted by Crippen LogP contribution is 2.45. The molecular weight excluding hydrogens is 426 g/mol. The smallest absolute Gasteiger partial charge is 0.297 e. The second-order valence-electron chi connectivity index (χ2n) is 8.40. The number of carbonyl (C=O) groups is 3. The zero-order valence-electron chi connectivity index (χ0n) is 18.4. The van der Waals surface area contributed by atoms with Crippen LogP contribution < -0.4 is 9.64 Å². The van der Waals surface area contributed by atoms with E-state index in [1.54, 1.807) is 56.3 Å². The van der Waals surface area contributed by atoms with E-state index in [1.807, 2.05) is 0 Å². The van der Waals surface area contributed by atoms with Gasteiger partial charge in [0.1, 0.15) is 29.4 Å². The number of anilines is 1. The van der Waals surface area contributed by atoms with Crippen molar-refractivity contribution in [2.24, 2.45) is 11.3 Å². The summed E-state index contributed by atoms with van der Waals surface area (Å²) in [7, 11) is 1.47. The van der Waals surface area contributed by atoms with Crippen molar-refractivity contribution in [2.45, 2.75) is 19.9 Å². The number of hydrogen-bond donors (Lipinski definition) is 1. The summed E-state index contributed by atoms with van der Waals surface area (Å²) in [5.74, 6) is -2.92. The third-order valence-electron chi connectivity index (χ3n) is 5.84. The topological polar surface area (TPSA) is 123 Å². The number of pyridine rings is 1. The SMILES string of the molecule is COc1ccccc1C1C(C(=O)C(C)(C)CO)C(=O)C(=O)N1c1ccc(-c2ccon2)cn1. The maximum absolute atomic E-state index is 13.4. The van der Waals surface area contributed by atoms with Gasteiger partial charge < -0.3 is 14.4 Å². The molecule has 9 nitrogen and oxygen atoms in total. The van der Waals surface area contributed by atoms with E-state index in [2.05, 4.69) is 10.1 Å². The first-order valence-electron chi connectivity index (χ1n) is 10.3. The molecule has 2 unspecified atom stereocenters. The van der Waals surface area contributed by atoms with E-state index in [1.165, 1.54) is 24.5 Å². The Morgan fingerprint density at radius 3 is 2.55 bits per heavy atom. The fourth-order valence-electron chi connectivity index (χ4n) is 3.95. The van der Waals surface area contributed by atoms with Crippen LogP contribution in [0.1, 0.15) is 25.5 Å². The summed E-state index contributed by atoms with van der Waals surface area (Å²) in [6.07, 6.45) is 2.94. The molecule has 3 heterocycles. The predicted molar refractivity (Wildman–Crippen MR) is 117 cm³/mol. The monoisotopic (exact) mass is 449 g/mol. The molecular formula is C24H23N3O6. The molecule has 1 aliphatic heterocycles. The molecule has 3 aromatic rings. The summed E-state index contributed by atoms with van der Waals surface area (Å²) in [4.78, 5) is 45.3. The van der Waals surface area contributed by atoms with E-state index in [0.717, 1.165) is 0 Å². The maximum atomic E-state index is 13.4. The van der Waals surface area contributed by atoms with E-state index >= 15 is 0 Å². The van der Waals surface area contributed by atoms with Gasteiger partial charge in [0.25, 0.3) is 5.91 Å². The zero-order chi connectivity index (χ0) is 23.8. The number of methoxy groups -OCH3 is 1. The summed E-state index contributed by atoms with van der Waals surface area (Å²) in [6.45, 7) is 2.62. The number of aromatic nitrogens is 2. The van der Waals surface area contributed by atoms with Crippen LogP contribution in [0.3, 0.4) is 0 Å². The van der Waals surface area contributed by atoms with Gasteiger partial charge in [0.2, 0.25) is 5.78 Å². The Hall–Kier alpha value is -3.85. The third-order valence-corrected chi connectivity index (χ3v) is 5.84. The van der Waals surface area contributed by atoms with Crippen LogP contribution in [0.2, 0.25) is 0 Å². The molecule has 0 saturated carbocycles. The number of aliphatic hydroxyl groups excluding tert-OH is 1. The highest BCUT2D eigenvalue weighted by atomic mass is 16.5. The van der Waals surface area contributed by atoms with Crippen molar-refractivity contribution in [1.82, 2.24) is 10.1 Å². The average Bonchev–Trinajstić information content (AvgIpc) is 3.46. The van der Waals surface area contributed by atoms with Crippen molar-refractivity contribution in [3.63, 3.8) is 0 Å². The molecule has 170 valence electrons. The van der Waals surface area contributed by atoms with E-state index in [0.29, 0.717) is 22.6 Å².